The van der Waals surface area contributed by atoms with Crippen LogP contribution in [0.2, 0.25) is 0 Å². The molecule has 19 heavy (non-hydrogen) atoms. The highest BCUT2D eigenvalue weighted by Gasteiger charge is 2.22. The number of nitrogens with zero attached hydrogens (tertiary/aromatic N) is 2. The second kappa shape index (κ2) is 6.99. The van der Waals surface area contributed by atoms with Crippen molar-refractivity contribution >= 4 is 10.0 Å². The molecule has 1 aromatic rings. The highest BCUT2D eigenvalue weighted by atomic mass is 32.2. The minimum Gasteiger partial charge on any atom is -0.392 e. The molecule has 0 fully saturated rings. The number of aromatic amines is 1. The lowest BCUT2D eigenvalue weighted by Gasteiger charge is -2.17. The van der Waals surface area contributed by atoms with Gasteiger partial charge in [0.25, 0.3) is 10.0 Å². The van der Waals surface area contributed by atoms with E-state index >= 15 is 0 Å². The van der Waals surface area contributed by atoms with Crippen LogP contribution < -0.4 is 4.72 Å². The van der Waals surface area contributed by atoms with E-state index in [0.717, 1.165) is 13.1 Å². The van der Waals surface area contributed by atoms with Gasteiger partial charge in [-0.3, -0.25) is 5.10 Å². The second-order valence-corrected chi connectivity index (χ2v) is 5.90. The van der Waals surface area contributed by atoms with Crippen molar-refractivity contribution in [2.45, 2.75) is 32.4 Å². The Morgan fingerprint density at radius 2 is 2.00 bits per heavy atom. The Morgan fingerprint density at radius 3 is 2.53 bits per heavy atom. The lowest BCUT2D eigenvalue weighted by molar-refractivity contribution is 0.277. The summed E-state index contributed by atoms with van der Waals surface area (Å²) in [5, 5.41) is 15.4. The van der Waals surface area contributed by atoms with Crippen molar-refractivity contribution in [3.8, 4) is 0 Å². The van der Waals surface area contributed by atoms with Crippen LogP contribution in [0, 0.1) is 6.92 Å². The number of aliphatic hydroxyl groups is 1. The number of aryl methyl sites for hydroxylation is 1. The molecule has 3 N–H and O–H groups in total. The quantitative estimate of drug-likeness (QED) is 0.617. The predicted molar refractivity (Wildman–Crippen MR) is 72.2 cm³/mol. The molecule has 1 aromatic heterocycles. The summed E-state index contributed by atoms with van der Waals surface area (Å²) in [5.41, 5.74) is 0.877. The largest absolute Gasteiger partial charge is 0.392 e. The molecule has 0 saturated carbocycles. The molecule has 110 valence electrons. The number of aromatic nitrogens is 2. The van der Waals surface area contributed by atoms with E-state index in [4.69, 9.17) is 0 Å². The highest BCUT2D eigenvalue weighted by Crippen LogP contribution is 2.15. The summed E-state index contributed by atoms with van der Waals surface area (Å²) in [6, 6.07) is 0. The lowest BCUT2D eigenvalue weighted by atomic mass is 10.3. The molecule has 1 heterocycles. The van der Waals surface area contributed by atoms with Crippen molar-refractivity contribution < 1.29 is 13.5 Å². The summed E-state index contributed by atoms with van der Waals surface area (Å²) in [6.45, 7) is 8.09. The van der Waals surface area contributed by atoms with Crippen LogP contribution in [0.25, 0.3) is 0 Å². The molecule has 0 atom stereocenters. The fourth-order valence-corrected chi connectivity index (χ4v) is 2.99. The van der Waals surface area contributed by atoms with Crippen LogP contribution in [-0.4, -0.2) is 54.8 Å². The van der Waals surface area contributed by atoms with Gasteiger partial charge in [0.15, 0.2) is 5.03 Å². The minimum absolute atomic E-state index is 0.118. The van der Waals surface area contributed by atoms with Gasteiger partial charge in [-0.1, -0.05) is 13.8 Å². The summed E-state index contributed by atoms with van der Waals surface area (Å²) in [4.78, 5) is 2.12. The molecule has 1 rings (SSSR count). The molecular formula is C11H22N4O3S. The van der Waals surface area contributed by atoms with E-state index in [2.05, 4.69) is 19.8 Å². The van der Waals surface area contributed by atoms with Gasteiger partial charge in [0, 0.05) is 24.3 Å². The third kappa shape index (κ3) is 4.00. The first-order valence-electron chi connectivity index (χ1n) is 6.33. The average molecular weight is 290 g/mol. The van der Waals surface area contributed by atoms with Gasteiger partial charge in [-0.2, -0.15) is 5.10 Å². The number of nitrogens with one attached hydrogen (secondary N) is 2. The van der Waals surface area contributed by atoms with Gasteiger partial charge in [-0.15, -0.1) is 0 Å². The third-order valence-corrected chi connectivity index (χ3v) is 4.49. The zero-order valence-electron chi connectivity index (χ0n) is 11.6. The van der Waals surface area contributed by atoms with Crippen LogP contribution in [0.1, 0.15) is 25.1 Å². The van der Waals surface area contributed by atoms with Crippen LogP contribution in [0.3, 0.4) is 0 Å². The molecule has 7 nitrogen and oxygen atoms in total. The number of likely N-dealkylation sites (N-methyl/N-ethyl adjacent to an activating group) is 1. The fraction of sp³-hybridized carbons (Fsp3) is 0.727. The maximum atomic E-state index is 12.1. The minimum atomic E-state index is -3.67. The fourth-order valence-electron chi connectivity index (χ4n) is 1.78. The summed E-state index contributed by atoms with van der Waals surface area (Å²) < 4.78 is 26.6. The van der Waals surface area contributed by atoms with Gasteiger partial charge in [0.05, 0.1) is 6.61 Å². The van der Waals surface area contributed by atoms with E-state index in [1.54, 1.807) is 6.92 Å². The Balaban J connectivity index is 2.71. The number of rotatable bonds is 8. The van der Waals surface area contributed by atoms with Crippen LogP contribution in [0.5, 0.6) is 0 Å². The van der Waals surface area contributed by atoms with Gasteiger partial charge in [-0.05, 0) is 20.0 Å². The molecule has 0 spiro atoms. The zero-order chi connectivity index (χ0) is 14.5. The molecule has 0 amide bonds. The number of aliphatic hydroxyl groups excluding tert-OH is 1. The first kappa shape index (κ1) is 16.1. The van der Waals surface area contributed by atoms with Gasteiger partial charge in [-0.25, -0.2) is 13.1 Å². The molecule has 0 bridgehead atoms. The van der Waals surface area contributed by atoms with E-state index in [-0.39, 0.29) is 11.6 Å². The Bertz CT molecular complexity index is 494. The lowest BCUT2D eigenvalue weighted by Crippen LogP contribution is -2.35. The van der Waals surface area contributed by atoms with E-state index in [1.807, 2.05) is 13.8 Å². The van der Waals surface area contributed by atoms with Crippen molar-refractivity contribution in [1.29, 1.82) is 0 Å². The van der Waals surface area contributed by atoms with Crippen LogP contribution in [-0.2, 0) is 16.6 Å². The molecule has 0 aromatic carbocycles. The average Bonchev–Trinajstić information content (AvgIpc) is 2.76. The van der Waals surface area contributed by atoms with Crippen molar-refractivity contribution in [2.75, 3.05) is 26.2 Å². The Hall–Kier alpha value is -0.960. The van der Waals surface area contributed by atoms with Crippen LogP contribution >= 0.6 is 0 Å². The van der Waals surface area contributed by atoms with E-state index in [0.29, 0.717) is 24.3 Å². The number of H-pyrrole nitrogens is 1. The first-order chi connectivity index (χ1) is 8.96. The van der Waals surface area contributed by atoms with Gasteiger partial charge in [0.2, 0.25) is 0 Å². The molecule has 0 radical (unpaired) electrons. The molecule has 8 heteroatoms. The summed E-state index contributed by atoms with van der Waals surface area (Å²) in [7, 11) is -3.67. The molecule has 0 saturated heterocycles. The Morgan fingerprint density at radius 1 is 1.37 bits per heavy atom. The van der Waals surface area contributed by atoms with E-state index in [9.17, 15) is 13.5 Å². The predicted octanol–water partition coefficient (Wildman–Crippen LogP) is -0.169. The standard InChI is InChI=1S/C11H22N4O3S/c1-4-15(5-2)7-6-12-19(17,18)11-10(8-16)9(3)13-14-11/h12,16H,4-8H2,1-3H3,(H,13,14). The van der Waals surface area contributed by atoms with Crippen molar-refractivity contribution in [3.63, 3.8) is 0 Å². The highest BCUT2D eigenvalue weighted by molar-refractivity contribution is 7.89. The number of hydrogen-bond donors (Lipinski definition) is 3. The zero-order valence-corrected chi connectivity index (χ0v) is 12.4. The SMILES string of the molecule is CCN(CC)CCNS(=O)(=O)c1n[nH]c(C)c1CO. The van der Waals surface area contributed by atoms with E-state index in [1.165, 1.54) is 0 Å². The van der Waals surface area contributed by atoms with E-state index < -0.39 is 10.0 Å². The first-order valence-corrected chi connectivity index (χ1v) is 7.81. The van der Waals surface area contributed by atoms with Crippen molar-refractivity contribution in [1.82, 2.24) is 19.8 Å². The topological polar surface area (TPSA) is 98.3 Å². The maximum Gasteiger partial charge on any atom is 0.260 e. The molecular weight excluding hydrogens is 268 g/mol. The van der Waals surface area contributed by atoms with Crippen LogP contribution in [0.4, 0.5) is 0 Å². The van der Waals surface area contributed by atoms with Crippen molar-refractivity contribution in [3.05, 3.63) is 11.3 Å². The summed E-state index contributed by atoms with van der Waals surface area (Å²) in [6.07, 6.45) is 0. The summed E-state index contributed by atoms with van der Waals surface area (Å²) >= 11 is 0. The smallest absolute Gasteiger partial charge is 0.260 e. The maximum absolute atomic E-state index is 12.1. The van der Waals surface area contributed by atoms with Crippen molar-refractivity contribution in [2.24, 2.45) is 0 Å². The normalized spacial score (nSPS) is 12.3. The monoisotopic (exact) mass is 290 g/mol. The molecule has 0 aliphatic carbocycles. The van der Waals surface area contributed by atoms with Gasteiger partial charge in [0.1, 0.15) is 0 Å². The second-order valence-electron chi connectivity index (χ2n) is 4.22. The molecule has 0 aliphatic rings. The molecule has 0 aliphatic heterocycles. The Kier molecular flexibility index (Phi) is 5.92. The number of sulfonamides is 1. The number of hydrogen-bond acceptors (Lipinski definition) is 5. The van der Waals surface area contributed by atoms with Gasteiger partial charge < -0.3 is 10.0 Å². The third-order valence-electron chi connectivity index (χ3n) is 3.06. The Labute approximate surface area is 114 Å². The van der Waals surface area contributed by atoms with Crippen LogP contribution in [0.15, 0.2) is 5.03 Å². The summed E-state index contributed by atoms with van der Waals surface area (Å²) in [5.74, 6) is 0. The molecule has 0 unspecified atom stereocenters. The van der Waals surface area contributed by atoms with Gasteiger partial charge >= 0.3 is 0 Å².